The predicted molar refractivity (Wildman–Crippen MR) is 41.3 cm³/mol. The largest absolute Gasteiger partial charge is 0.338 e. The van der Waals surface area contributed by atoms with Gasteiger partial charge in [0.1, 0.15) is 18.1 Å². The van der Waals surface area contributed by atoms with E-state index in [4.69, 9.17) is 5.26 Å². The topological polar surface area (TPSA) is 81.6 Å². The van der Waals surface area contributed by atoms with E-state index in [1.807, 2.05) is 6.07 Å². The van der Waals surface area contributed by atoms with E-state index in [2.05, 4.69) is 15.3 Å². The van der Waals surface area contributed by atoms with Crippen molar-refractivity contribution in [3.63, 3.8) is 0 Å². The van der Waals surface area contributed by atoms with Gasteiger partial charge in [0.15, 0.2) is 0 Å². The molecule has 1 aromatic rings. The Morgan fingerprint density at radius 2 is 2.67 bits per heavy atom. The van der Waals surface area contributed by atoms with Crippen LogP contribution in [-0.4, -0.2) is 22.4 Å². The van der Waals surface area contributed by atoms with Crippen molar-refractivity contribution >= 4 is 5.91 Å². The second-order valence-electron chi connectivity index (χ2n) is 2.22. The number of carbonyl (C=O) groups is 1. The summed E-state index contributed by atoms with van der Waals surface area (Å²) in [6, 6.07) is 1.81. The Balaban J connectivity index is 2.61. The lowest BCUT2D eigenvalue weighted by Crippen LogP contribution is -2.23. The van der Waals surface area contributed by atoms with E-state index in [1.165, 1.54) is 6.20 Å². The van der Waals surface area contributed by atoms with E-state index in [9.17, 15) is 4.79 Å². The van der Waals surface area contributed by atoms with E-state index in [0.717, 1.165) is 0 Å². The van der Waals surface area contributed by atoms with Crippen molar-refractivity contribution < 1.29 is 4.79 Å². The third-order valence-electron chi connectivity index (χ3n) is 1.28. The van der Waals surface area contributed by atoms with Gasteiger partial charge in [0, 0.05) is 0 Å². The number of aromatic nitrogens is 2. The first kappa shape index (κ1) is 8.27. The fraction of sp³-hybridized carbons (Fsp3) is 0.286. The zero-order valence-corrected chi connectivity index (χ0v) is 6.59. The first-order valence-electron chi connectivity index (χ1n) is 3.41. The highest BCUT2D eigenvalue weighted by Gasteiger charge is 2.05. The Hall–Kier alpha value is -1.83. The van der Waals surface area contributed by atoms with Crippen LogP contribution in [0.5, 0.6) is 0 Å². The number of imidazole rings is 1. The molecule has 1 aromatic heterocycles. The summed E-state index contributed by atoms with van der Waals surface area (Å²) in [5, 5.41) is 10.6. The normalized spacial score (nSPS) is 9.00. The van der Waals surface area contributed by atoms with Crippen LogP contribution in [0.2, 0.25) is 0 Å². The van der Waals surface area contributed by atoms with Crippen molar-refractivity contribution in [2.45, 2.75) is 6.92 Å². The molecule has 0 saturated carbocycles. The molecule has 0 aliphatic rings. The molecule has 1 heterocycles. The lowest BCUT2D eigenvalue weighted by molar-refractivity contribution is 0.0954. The maximum Gasteiger partial charge on any atom is 0.270 e. The zero-order valence-electron chi connectivity index (χ0n) is 6.59. The van der Waals surface area contributed by atoms with Gasteiger partial charge in [0.05, 0.1) is 12.3 Å². The number of hydrogen-bond donors (Lipinski definition) is 2. The summed E-state index contributed by atoms with van der Waals surface area (Å²) in [7, 11) is 0. The van der Waals surface area contributed by atoms with E-state index < -0.39 is 0 Å². The van der Waals surface area contributed by atoms with Crippen LogP contribution in [0, 0.1) is 18.3 Å². The summed E-state index contributed by atoms with van der Waals surface area (Å²) in [5.74, 6) is 0.370. The highest BCUT2D eigenvalue weighted by atomic mass is 16.1. The first-order valence-corrected chi connectivity index (χ1v) is 3.41. The van der Waals surface area contributed by atoms with Gasteiger partial charge in [0.2, 0.25) is 0 Å². The third-order valence-corrected chi connectivity index (χ3v) is 1.28. The lowest BCUT2D eigenvalue weighted by Gasteiger charge is -1.94. The van der Waals surface area contributed by atoms with Crippen LogP contribution in [0.15, 0.2) is 6.20 Å². The van der Waals surface area contributed by atoms with Gasteiger partial charge >= 0.3 is 0 Å². The maximum absolute atomic E-state index is 11.1. The minimum atomic E-state index is -0.308. The number of H-pyrrole nitrogens is 1. The second kappa shape index (κ2) is 3.53. The summed E-state index contributed by atoms with van der Waals surface area (Å²) in [6.45, 7) is 1.76. The Labute approximate surface area is 69.4 Å². The Kier molecular flexibility index (Phi) is 2.43. The number of nitrogens with zero attached hydrogens (tertiary/aromatic N) is 2. The molecule has 0 aliphatic carbocycles. The Morgan fingerprint density at radius 1 is 1.92 bits per heavy atom. The van der Waals surface area contributed by atoms with E-state index in [0.29, 0.717) is 11.5 Å². The van der Waals surface area contributed by atoms with Gasteiger partial charge in [-0.25, -0.2) is 4.98 Å². The molecule has 2 N–H and O–H groups in total. The fourth-order valence-corrected chi connectivity index (χ4v) is 0.751. The number of amides is 1. The number of aromatic amines is 1. The van der Waals surface area contributed by atoms with E-state index in [1.54, 1.807) is 6.92 Å². The molecule has 0 atom stereocenters. The second-order valence-corrected chi connectivity index (χ2v) is 2.22. The quantitative estimate of drug-likeness (QED) is 0.602. The number of hydrogen-bond acceptors (Lipinski definition) is 3. The van der Waals surface area contributed by atoms with Gasteiger partial charge in [-0.2, -0.15) is 5.26 Å². The van der Waals surface area contributed by atoms with Gasteiger partial charge in [-0.1, -0.05) is 0 Å². The van der Waals surface area contributed by atoms with Crippen LogP contribution >= 0.6 is 0 Å². The first-order chi connectivity index (χ1) is 5.74. The average molecular weight is 164 g/mol. The standard InChI is InChI=1S/C7H8N4O/c1-5-10-4-6(11-5)7(12)9-3-2-8/h4H,3H2,1H3,(H,9,12)(H,10,11). The lowest BCUT2D eigenvalue weighted by atomic mass is 10.4. The number of nitrogens with one attached hydrogen (secondary N) is 2. The highest BCUT2D eigenvalue weighted by molar-refractivity contribution is 5.92. The number of aryl methyl sites for hydroxylation is 1. The smallest absolute Gasteiger partial charge is 0.270 e. The maximum atomic E-state index is 11.1. The third kappa shape index (κ3) is 1.83. The highest BCUT2D eigenvalue weighted by Crippen LogP contribution is 1.94. The molecule has 0 aromatic carbocycles. The molecule has 1 amide bonds. The molecule has 0 radical (unpaired) electrons. The average Bonchev–Trinajstić information content (AvgIpc) is 2.47. The van der Waals surface area contributed by atoms with Crippen LogP contribution in [0.3, 0.4) is 0 Å². The summed E-state index contributed by atoms with van der Waals surface area (Å²) < 4.78 is 0. The van der Waals surface area contributed by atoms with Gasteiger partial charge in [0.25, 0.3) is 5.91 Å². The van der Waals surface area contributed by atoms with Crippen molar-refractivity contribution in [2.24, 2.45) is 0 Å². The SMILES string of the molecule is Cc1ncc(C(=O)NCC#N)[nH]1. The summed E-state index contributed by atoms with van der Waals surface area (Å²) in [4.78, 5) is 17.7. The van der Waals surface area contributed by atoms with Crippen molar-refractivity contribution in [2.75, 3.05) is 6.54 Å². The number of rotatable bonds is 2. The van der Waals surface area contributed by atoms with Crippen LogP contribution in [0.1, 0.15) is 16.3 Å². The molecular formula is C7H8N4O. The van der Waals surface area contributed by atoms with Crippen molar-refractivity contribution in [3.05, 3.63) is 17.7 Å². The molecule has 5 heteroatoms. The molecule has 12 heavy (non-hydrogen) atoms. The molecule has 5 nitrogen and oxygen atoms in total. The minimum absolute atomic E-state index is 0.0108. The molecular weight excluding hydrogens is 156 g/mol. The summed E-state index contributed by atoms with van der Waals surface area (Å²) in [6.07, 6.45) is 1.43. The number of nitriles is 1. The molecule has 0 saturated heterocycles. The summed E-state index contributed by atoms with van der Waals surface area (Å²) in [5.41, 5.74) is 0.378. The number of carbonyl (C=O) groups excluding carboxylic acids is 1. The Morgan fingerprint density at radius 3 is 3.17 bits per heavy atom. The minimum Gasteiger partial charge on any atom is -0.338 e. The molecule has 0 bridgehead atoms. The van der Waals surface area contributed by atoms with Gasteiger partial charge in [-0.3, -0.25) is 4.79 Å². The zero-order chi connectivity index (χ0) is 8.97. The van der Waals surface area contributed by atoms with E-state index >= 15 is 0 Å². The molecule has 62 valence electrons. The van der Waals surface area contributed by atoms with Crippen LogP contribution < -0.4 is 5.32 Å². The monoisotopic (exact) mass is 164 g/mol. The molecule has 0 spiro atoms. The van der Waals surface area contributed by atoms with Crippen LogP contribution in [-0.2, 0) is 0 Å². The van der Waals surface area contributed by atoms with Gasteiger partial charge in [-0.15, -0.1) is 0 Å². The van der Waals surface area contributed by atoms with Crippen molar-refractivity contribution in [3.8, 4) is 6.07 Å². The van der Waals surface area contributed by atoms with Gasteiger partial charge in [-0.05, 0) is 6.92 Å². The van der Waals surface area contributed by atoms with Crippen LogP contribution in [0.4, 0.5) is 0 Å². The molecule has 0 aliphatic heterocycles. The fourth-order valence-electron chi connectivity index (χ4n) is 0.751. The molecule has 1 rings (SSSR count). The summed E-state index contributed by atoms with van der Waals surface area (Å²) >= 11 is 0. The van der Waals surface area contributed by atoms with Crippen molar-refractivity contribution in [1.82, 2.24) is 15.3 Å². The van der Waals surface area contributed by atoms with Crippen LogP contribution in [0.25, 0.3) is 0 Å². The molecule has 0 unspecified atom stereocenters. The van der Waals surface area contributed by atoms with Crippen molar-refractivity contribution in [1.29, 1.82) is 5.26 Å². The van der Waals surface area contributed by atoms with Gasteiger partial charge < -0.3 is 10.3 Å². The Bertz CT molecular complexity index is 322. The molecule has 0 fully saturated rings. The predicted octanol–water partition coefficient (Wildman–Crippen LogP) is -0.0285. The van der Waals surface area contributed by atoms with E-state index in [-0.39, 0.29) is 12.5 Å².